The highest BCUT2D eigenvalue weighted by molar-refractivity contribution is 9.10. The first-order valence-electron chi connectivity index (χ1n) is 12.1. The molecular formula is C26H26BrN8O3P. The lowest BCUT2D eigenvalue weighted by molar-refractivity contribution is 0.122. The number of halogens is 1. The van der Waals surface area contributed by atoms with Crippen molar-refractivity contribution in [1.82, 2.24) is 19.9 Å². The lowest BCUT2D eigenvalue weighted by Gasteiger charge is -2.30. The molecule has 1 aliphatic rings. The fraction of sp³-hybridized carbons (Fsp3) is 0.269. The van der Waals surface area contributed by atoms with E-state index in [4.69, 9.17) is 9.47 Å². The van der Waals surface area contributed by atoms with Crippen LogP contribution in [-0.2, 0) is 9.30 Å². The minimum atomic E-state index is -2.75. The summed E-state index contributed by atoms with van der Waals surface area (Å²) in [6.07, 6.45) is 4.80. The fourth-order valence-electron chi connectivity index (χ4n) is 4.42. The van der Waals surface area contributed by atoms with Gasteiger partial charge in [0.1, 0.15) is 30.3 Å². The van der Waals surface area contributed by atoms with Gasteiger partial charge in [-0.15, -0.1) is 0 Å². The number of hydrogen-bond acceptors (Lipinski definition) is 11. The first-order chi connectivity index (χ1) is 18.8. The van der Waals surface area contributed by atoms with Crippen molar-refractivity contribution in [2.24, 2.45) is 0 Å². The van der Waals surface area contributed by atoms with Gasteiger partial charge in [-0.05, 0) is 47.5 Å². The second-order valence-electron chi connectivity index (χ2n) is 9.16. The number of nitrogens with zero attached hydrogens (tertiary/aromatic N) is 6. The number of ether oxygens (including phenoxy) is 2. The number of fused-ring (bicyclic) bond motifs is 1. The van der Waals surface area contributed by atoms with Gasteiger partial charge in [-0.25, -0.2) is 4.98 Å². The van der Waals surface area contributed by atoms with Crippen LogP contribution in [0.2, 0.25) is 0 Å². The van der Waals surface area contributed by atoms with E-state index in [-0.39, 0.29) is 5.95 Å². The van der Waals surface area contributed by atoms with E-state index in [0.717, 1.165) is 5.69 Å². The Morgan fingerprint density at radius 3 is 2.59 bits per heavy atom. The number of nitriles is 1. The second kappa shape index (κ2) is 11.1. The van der Waals surface area contributed by atoms with Gasteiger partial charge >= 0.3 is 0 Å². The van der Waals surface area contributed by atoms with E-state index in [2.05, 4.69) is 57.5 Å². The van der Waals surface area contributed by atoms with Gasteiger partial charge in [0.05, 0.1) is 58.2 Å². The van der Waals surface area contributed by atoms with E-state index in [9.17, 15) is 9.83 Å². The minimum Gasteiger partial charge on any atom is -0.494 e. The summed E-state index contributed by atoms with van der Waals surface area (Å²) in [5.74, 6) is 1.28. The maximum Gasteiger partial charge on any atom is 0.229 e. The fourth-order valence-corrected chi connectivity index (χ4v) is 6.11. The monoisotopic (exact) mass is 608 g/mol. The quantitative estimate of drug-likeness (QED) is 0.284. The van der Waals surface area contributed by atoms with E-state index in [1.807, 2.05) is 18.2 Å². The molecule has 1 saturated heterocycles. The SMILES string of the molecule is COc1cc(N2CCOCC2)c(C#N)cc1Nc1ncc(Br)c(Nc2ccc3nccnc3c2P(C)(C)=O)n1. The van der Waals surface area contributed by atoms with Crippen LogP contribution in [0.15, 0.2) is 47.3 Å². The molecule has 2 aromatic carbocycles. The molecule has 0 aliphatic carbocycles. The number of aromatic nitrogens is 4. The van der Waals surface area contributed by atoms with Crippen molar-refractivity contribution in [2.45, 2.75) is 0 Å². The van der Waals surface area contributed by atoms with Crippen LogP contribution in [0, 0.1) is 11.3 Å². The van der Waals surface area contributed by atoms with Gasteiger partial charge in [0.25, 0.3) is 0 Å². The molecule has 11 nitrogen and oxygen atoms in total. The zero-order chi connectivity index (χ0) is 27.6. The lowest BCUT2D eigenvalue weighted by atomic mass is 10.1. The highest BCUT2D eigenvalue weighted by Gasteiger charge is 2.23. The molecule has 39 heavy (non-hydrogen) atoms. The van der Waals surface area contributed by atoms with Crippen molar-refractivity contribution in [3.63, 3.8) is 0 Å². The van der Waals surface area contributed by atoms with Crippen molar-refractivity contribution in [3.05, 3.63) is 52.9 Å². The molecule has 1 aliphatic heterocycles. The highest BCUT2D eigenvalue weighted by atomic mass is 79.9. The van der Waals surface area contributed by atoms with Crippen molar-refractivity contribution in [3.8, 4) is 11.8 Å². The molecule has 0 atom stereocenters. The number of nitrogens with one attached hydrogen (secondary N) is 2. The molecule has 2 N–H and O–H groups in total. The predicted molar refractivity (Wildman–Crippen MR) is 156 cm³/mol. The van der Waals surface area contributed by atoms with Crippen molar-refractivity contribution < 1.29 is 14.0 Å². The largest absolute Gasteiger partial charge is 0.494 e. The number of morpholine rings is 1. The molecule has 0 unspecified atom stereocenters. The Bertz CT molecular complexity index is 1630. The van der Waals surface area contributed by atoms with Crippen LogP contribution in [0.5, 0.6) is 5.75 Å². The maximum atomic E-state index is 13.3. The maximum absolute atomic E-state index is 13.3. The Labute approximate surface area is 234 Å². The normalized spacial score (nSPS) is 13.7. The zero-order valence-corrected chi connectivity index (χ0v) is 24.1. The number of benzene rings is 2. The van der Waals surface area contributed by atoms with E-state index in [0.29, 0.717) is 75.6 Å². The van der Waals surface area contributed by atoms with E-state index in [1.165, 1.54) is 0 Å². The average Bonchev–Trinajstić information content (AvgIpc) is 2.94. The lowest BCUT2D eigenvalue weighted by Crippen LogP contribution is -2.36. The zero-order valence-electron chi connectivity index (χ0n) is 21.6. The first-order valence-corrected chi connectivity index (χ1v) is 15.5. The summed E-state index contributed by atoms with van der Waals surface area (Å²) in [5, 5.41) is 16.9. The summed E-state index contributed by atoms with van der Waals surface area (Å²) in [5.41, 5.74) is 3.69. The summed E-state index contributed by atoms with van der Waals surface area (Å²) in [6, 6.07) is 9.49. The Morgan fingerprint density at radius 2 is 1.87 bits per heavy atom. The smallest absolute Gasteiger partial charge is 0.229 e. The summed E-state index contributed by atoms with van der Waals surface area (Å²) in [7, 11) is -1.18. The molecule has 0 saturated carbocycles. The van der Waals surface area contributed by atoms with Crippen LogP contribution >= 0.6 is 23.1 Å². The van der Waals surface area contributed by atoms with Gasteiger partial charge in [-0.3, -0.25) is 9.97 Å². The third-order valence-corrected chi connectivity index (χ3v) is 8.30. The Kier molecular flexibility index (Phi) is 7.66. The van der Waals surface area contributed by atoms with Crippen molar-refractivity contribution in [2.75, 3.05) is 62.3 Å². The molecular weight excluding hydrogens is 583 g/mol. The Hall–Kier alpha value is -3.78. The number of hydrogen-bond donors (Lipinski definition) is 2. The summed E-state index contributed by atoms with van der Waals surface area (Å²) >= 11 is 3.51. The molecule has 2 aromatic heterocycles. The second-order valence-corrected chi connectivity index (χ2v) is 13.2. The average molecular weight is 609 g/mol. The van der Waals surface area contributed by atoms with Crippen molar-refractivity contribution >= 4 is 68.2 Å². The summed E-state index contributed by atoms with van der Waals surface area (Å²) in [4.78, 5) is 19.9. The van der Waals surface area contributed by atoms with E-state index < -0.39 is 7.14 Å². The minimum absolute atomic E-state index is 0.278. The van der Waals surface area contributed by atoms with Gasteiger partial charge in [0.15, 0.2) is 0 Å². The molecule has 5 rings (SSSR count). The number of rotatable bonds is 7. The third kappa shape index (κ3) is 5.66. The molecule has 3 heterocycles. The Balaban J connectivity index is 1.49. The van der Waals surface area contributed by atoms with Crippen LogP contribution in [-0.4, -0.2) is 66.7 Å². The molecule has 0 amide bonds. The van der Waals surface area contributed by atoms with Gasteiger partial charge in [0, 0.05) is 37.7 Å². The van der Waals surface area contributed by atoms with E-state index in [1.54, 1.807) is 45.1 Å². The van der Waals surface area contributed by atoms with Crippen molar-refractivity contribution in [1.29, 1.82) is 5.26 Å². The van der Waals surface area contributed by atoms with Gasteiger partial charge < -0.3 is 29.6 Å². The van der Waals surface area contributed by atoms with Crippen LogP contribution < -0.4 is 25.6 Å². The van der Waals surface area contributed by atoms with Gasteiger partial charge in [-0.2, -0.15) is 10.2 Å². The molecule has 1 fully saturated rings. The summed E-state index contributed by atoms with van der Waals surface area (Å²) < 4.78 is 25.0. The predicted octanol–water partition coefficient (Wildman–Crippen LogP) is 4.63. The van der Waals surface area contributed by atoms with Gasteiger partial charge in [-0.1, -0.05) is 0 Å². The Morgan fingerprint density at radius 1 is 1.10 bits per heavy atom. The standard InChI is InChI=1S/C26H26BrN8O3P/c1-37-22-13-21(35-8-10-38-11-9-35)16(14-28)12-20(22)33-26-31-15-17(27)25(34-26)32-19-5-4-18-23(30-7-6-29-18)24(19)39(2,3)36/h4-7,12-13,15H,8-11H2,1-3H3,(H2,31,32,33,34). The summed E-state index contributed by atoms with van der Waals surface area (Å²) in [6.45, 7) is 5.99. The first kappa shape index (κ1) is 26.8. The third-order valence-electron chi connectivity index (χ3n) is 6.19. The van der Waals surface area contributed by atoms with Crippen LogP contribution in [0.25, 0.3) is 11.0 Å². The number of methoxy groups -OCH3 is 1. The highest BCUT2D eigenvalue weighted by Crippen LogP contribution is 2.41. The van der Waals surface area contributed by atoms with E-state index >= 15 is 0 Å². The topological polar surface area (TPSA) is 138 Å². The van der Waals surface area contributed by atoms with Gasteiger partial charge in [0.2, 0.25) is 5.95 Å². The van der Waals surface area contributed by atoms with Crippen LogP contribution in [0.3, 0.4) is 0 Å². The molecule has 0 bridgehead atoms. The molecule has 200 valence electrons. The van der Waals surface area contributed by atoms with Crippen LogP contribution in [0.1, 0.15) is 5.56 Å². The molecule has 0 spiro atoms. The number of anilines is 5. The molecule has 4 aromatic rings. The molecule has 0 radical (unpaired) electrons. The molecule has 13 heteroatoms. The van der Waals surface area contributed by atoms with Crippen LogP contribution in [0.4, 0.5) is 28.8 Å².